The van der Waals surface area contributed by atoms with Crippen LogP contribution in [0.4, 0.5) is 5.69 Å². The summed E-state index contributed by atoms with van der Waals surface area (Å²) >= 11 is 1.35. The van der Waals surface area contributed by atoms with Crippen molar-refractivity contribution in [2.24, 2.45) is 0 Å². The van der Waals surface area contributed by atoms with Crippen molar-refractivity contribution in [1.82, 2.24) is 9.97 Å². The highest BCUT2D eigenvalue weighted by molar-refractivity contribution is 7.98. The highest BCUT2D eigenvalue weighted by Gasteiger charge is 2.14. The molecule has 0 fully saturated rings. The lowest BCUT2D eigenvalue weighted by atomic mass is 10.3. The second-order valence-electron chi connectivity index (χ2n) is 2.70. The summed E-state index contributed by atoms with van der Waals surface area (Å²) in [7, 11) is 0. The Kier molecular flexibility index (Phi) is 2.12. The van der Waals surface area contributed by atoms with E-state index in [4.69, 9.17) is 0 Å². The van der Waals surface area contributed by atoms with Crippen LogP contribution >= 0.6 is 11.8 Å². The Hall–Kier alpha value is -1.56. The van der Waals surface area contributed by atoms with Crippen molar-refractivity contribution in [3.63, 3.8) is 0 Å². The molecule has 0 unspecified atom stereocenters. The zero-order valence-electron chi connectivity index (χ0n) is 7.35. The van der Waals surface area contributed by atoms with Crippen LogP contribution in [-0.2, 0) is 0 Å². The van der Waals surface area contributed by atoms with E-state index in [0.717, 1.165) is 5.52 Å². The number of nitrogens with zero attached hydrogens (tertiary/aromatic N) is 2. The minimum Gasteiger partial charge on any atom is -0.344 e. The largest absolute Gasteiger partial charge is 0.344 e. The molecule has 0 atom stereocenters. The molecule has 0 aliphatic heterocycles. The first-order valence-electron chi connectivity index (χ1n) is 3.88. The molecule has 0 spiro atoms. The first-order chi connectivity index (χ1) is 6.72. The van der Waals surface area contributed by atoms with Crippen LogP contribution < -0.4 is 0 Å². The normalized spacial score (nSPS) is 10.6. The molecule has 72 valence electrons. The van der Waals surface area contributed by atoms with Crippen molar-refractivity contribution < 1.29 is 4.92 Å². The van der Waals surface area contributed by atoms with Crippen LogP contribution in [0.1, 0.15) is 0 Å². The molecule has 6 heteroatoms. The fourth-order valence-corrected chi connectivity index (χ4v) is 1.83. The summed E-state index contributed by atoms with van der Waals surface area (Å²) in [5.41, 5.74) is 1.56. The zero-order chi connectivity index (χ0) is 10.1. The molecule has 1 aromatic heterocycles. The summed E-state index contributed by atoms with van der Waals surface area (Å²) in [6, 6.07) is 3.22. The number of nitrogens with one attached hydrogen (secondary N) is 1. The van der Waals surface area contributed by atoms with Crippen molar-refractivity contribution in [2.75, 3.05) is 6.26 Å². The van der Waals surface area contributed by atoms with Gasteiger partial charge in [-0.05, 0) is 12.3 Å². The molecule has 5 nitrogen and oxygen atoms in total. The number of imidazole rings is 1. The molecule has 0 saturated carbocycles. The van der Waals surface area contributed by atoms with E-state index in [9.17, 15) is 10.1 Å². The van der Waals surface area contributed by atoms with Gasteiger partial charge in [0, 0.05) is 6.07 Å². The van der Waals surface area contributed by atoms with E-state index in [0.29, 0.717) is 10.4 Å². The molecule has 1 N–H and O–H groups in total. The van der Waals surface area contributed by atoms with E-state index >= 15 is 0 Å². The van der Waals surface area contributed by atoms with Crippen LogP contribution in [0.25, 0.3) is 11.0 Å². The number of nitro groups is 1. The van der Waals surface area contributed by atoms with Gasteiger partial charge in [-0.1, -0.05) is 0 Å². The summed E-state index contributed by atoms with van der Waals surface area (Å²) < 4.78 is 0. The summed E-state index contributed by atoms with van der Waals surface area (Å²) in [5, 5.41) is 10.7. The highest BCUT2D eigenvalue weighted by Crippen LogP contribution is 2.30. The first-order valence-corrected chi connectivity index (χ1v) is 5.10. The molecule has 0 aliphatic rings. The van der Waals surface area contributed by atoms with E-state index in [1.54, 1.807) is 12.3 Å². The van der Waals surface area contributed by atoms with Crippen LogP contribution in [0.15, 0.2) is 23.4 Å². The summed E-state index contributed by atoms with van der Waals surface area (Å²) in [6.07, 6.45) is 3.33. The van der Waals surface area contributed by atoms with Gasteiger partial charge in [-0.2, -0.15) is 0 Å². The summed E-state index contributed by atoms with van der Waals surface area (Å²) in [5.74, 6) is 0. The molecular formula is C8H7N3O2S. The predicted molar refractivity (Wildman–Crippen MR) is 54.5 cm³/mol. The maximum absolute atomic E-state index is 10.7. The Morgan fingerprint density at radius 3 is 3.00 bits per heavy atom. The average Bonchev–Trinajstić information content (AvgIpc) is 2.62. The smallest absolute Gasteiger partial charge is 0.285 e. The van der Waals surface area contributed by atoms with Crippen molar-refractivity contribution >= 4 is 28.5 Å². The Morgan fingerprint density at radius 2 is 2.36 bits per heavy atom. The van der Waals surface area contributed by atoms with Crippen LogP contribution in [0, 0.1) is 10.1 Å². The molecule has 2 rings (SSSR count). The Balaban J connectivity index is 2.72. The number of aromatic amines is 1. The number of hydrogen-bond donors (Lipinski definition) is 1. The molecule has 1 aromatic carbocycles. The lowest BCUT2D eigenvalue weighted by Gasteiger charge is -1.98. The van der Waals surface area contributed by atoms with Gasteiger partial charge in [-0.3, -0.25) is 10.1 Å². The van der Waals surface area contributed by atoms with Gasteiger partial charge in [-0.15, -0.1) is 11.8 Å². The number of benzene rings is 1. The van der Waals surface area contributed by atoms with Gasteiger partial charge < -0.3 is 4.98 Å². The lowest BCUT2D eigenvalue weighted by molar-refractivity contribution is -0.387. The SMILES string of the molecule is CSc1cc2nc[nH]c2cc1[N+](=O)[O-]. The summed E-state index contributed by atoms with van der Waals surface area (Å²) in [6.45, 7) is 0. The third-order valence-corrected chi connectivity index (χ3v) is 2.68. The van der Waals surface area contributed by atoms with Gasteiger partial charge in [0.2, 0.25) is 0 Å². The molecule has 0 aliphatic carbocycles. The van der Waals surface area contributed by atoms with Gasteiger partial charge >= 0.3 is 0 Å². The van der Waals surface area contributed by atoms with Gasteiger partial charge in [0.25, 0.3) is 5.69 Å². The van der Waals surface area contributed by atoms with Gasteiger partial charge in [0.05, 0.1) is 27.2 Å². The van der Waals surface area contributed by atoms with E-state index in [1.165, 1.54) is 24.2 Å². The van der Waals surface area contributed by atoms with Crippen molar-refractivity contribution in [1.29, 1.82) is 0 Å². The number of rotatable bonds is 2. The molecule has 1 heterocycles. The van der Waals surface area contributed by atoms with Gasteiger partial charge in [-0.25, -0.2) is 4.98 Å². The fraction of sp³-hybridized carbons (Fsp3) is 0.125. The minimum atomic E-state index is -0.383. The van der Waals surface area contributed by atoms with Crippen molar-refractivity contribution in [2.45, 2.75) is 4.90 Å². The van der Waals surface area contributed by atoms with E-state index in [2.05, 4.69) is 9.97 Å². The van der Waals surface area contributed by atoms with Gasteiger partial charge in [0.1, 0.15) is 0 Å². The number of nitro benzene ring substituents is 1. The maximum atomic E-state index is 10.7. The molecule has 0 saturated heterocycles. The third-order valence-electron chi connectivity index (χ3n) is 1.92. The molecule has 14 heavy (non-hydrogen) atoms. The van der Waals surface area contributed by atoms with Crippen molar-refractivity contribution in [3.8, 4) is 0 Å². The number of aromatic nitrogens is 2. The first kappa shape index (κ1) is 9.01. The molecule has 0 amide bonds. The predicted octanol–water partition coefficient (Wildman–Crippen LogP) is 2.19. The minimum absolute atomic E-state index is 0.120. The van der Waals surface area contributed by atoms with Gasteiger partial charge in [0.15, 0.2) is 0 Å². The number of fused-ring (bicyclic) bond motifs is 1. The molecule has 0 radical (unpaired) electrons. The number of thioether (sulfide) groups is 1. The van der Waals surface area contributed by atoms with E-state index in [1.807, 2.05) is 0 Å². The number of hydrogen-bond acceptors (Lipinski definition) is 4. The quantitative estimate of drug-likeness (QED) is 0.467. The average molecular weight is 209 g/mol. The van der Waals surface area contributed by atoms with E-state index in [-0.39, 0.29) is 10.6 Å². The second kappa shape index (κ2) is 3.30. The molecule has 0 bridgehead atoms. The Morgan fingerprint density at radius 1 is 1.57 bits per heavy atom. The maximum Gasteiger partial charge on any atom is 0.285 e. The highest BCUT2D eigenvalue weighted by atomic mass is 32.2. The standard InChI is InChI=1S/C8H7N3O2S/c1-14-8-3-6-5(9-4-10-6)2-7(8)11(12)13/h2-4H,1H3,(H,9,10). The van der Waals surface area contributed by atoms with Crippen LogP contribution in [0.3, 0.4) is 0 Å². The lowest BCUT2D eigenvalue weighted by Crippen LogP contribution is -1.90. The number of H-pyrrole nitrogens is 1. The molecule has 2 aromatic rings. The van der Waals surface area contributed by atoms with E-state index < -0.39 is 0 Å². The third kappa shape index (κ3) is 1.33. The monoisotopic (exact) mass is 209 g/mol. The molecular weight excluding hydrogens is 202 g/mol. The Bertz CT molecular complexity index is 494. The zero-order valence-corrected chi connectivity index (χ0v) is 8.17. The van der Waals surface area contributed by atoms with Crippen molar-refractivity contribution in [3.05, 3.63) is 28.6 Å². The fourth-order valence-electron chi connectivity index (χ4n) is 1.26. The second-order valence-corrected chi connectivity index (χ2v) is 3.55. The van der Waals surface area contributed by atoms with Crippen LogP contribution in [-0.4, -0.2) is 21.1 Å². The summed E-state index contributed by atoms with van der Waals surface area (Å²) in [4.78, 5) is 17.8. The van der Waals surface area contributed by atoms with Crippen LogP contribution in [0.2, 0.25) is 0 Å². The Labute approximate surface area is 83.7 Å². The van der Waals surface area contributed by atoms with Crippen LogP contribution in [0.5, 0.6) is 0 Å². The topological polar surface area (TPSA) is 71.8 Å².